The van der Waals surface area contributed by atoms with E-state index in [4.69, 9.17) is 5.21 Å². The van der Waals surface area contributed by atoms with Gasteiger partial charge in [-0.05, 0) is 18.2 Å². The van der Waals surface area contributed by atoms with Crippen molar-refractivity contribution in [2.24, 2.45) is 0 Å². The van der Waals surface area contributed by atoms with E-state index >= 15 is 0 Å². The number of carbonyl (C=O) groups excluding carboxylic acids is 1. The number of fused-ring (bicyclic) bond motifs is 1. The summed E-state index contributed by atoms with van der Waals surface area (Å²) >= 11 is 0. The van der Waals surface area contributed by atoms with Crippen LogP contribution in [0.15, 0.2) is 36.5 Å². The second-order valence-electron chi connectivity index (χ2n) is 3.09. The molecule has 0 aliphatic heterocycles. The van der Waals surface area contributed by atoms with E-state index in [9.17, 15) is 4.79 Å². The Hall–Kier alpha value is -1.27. The molecule has 0 saturated heterocycles. The molecule has 2 aromatic rings. The van der Waals surface area contributed by atoms with Crippen LogP contribution >= 0.6 is 0 Å². The van der Waals surface area contributed by atoms with Crippen LogP contribution in [0.4, 0.5) is 0 Å². The van der Waals surface area contributed by atoms with E-state index in [1.165, 1.54) is 17.6 Å². The van der Waals surface area contributed by atoms with Gasteiger partial charge in [0.2, 0.25) is 0 Å². The van der Waals surface area contributed by atoms with E-state index < -0.39 is 5.91 Å². The van der Waals surface area contributed by atoms with Gasteiger partial charge in [0.15, 0.2) is 0 Å². The molecule has 0 unspecified atom stereocenters. The Labute approximate surface area is 120 Å². The van der Waals surface area contributed by atoms with Crippen molar-refractivity contribution in [3.63, 3.8) is 0 Å². The summed E-state index contributed by atoms with van der Waals surface area (Å²) in [6.45, 7) is 0. The fourth-order valence-electron chi connectivity index (χ4n) is 1.25. The first kappa shape index (κ1) is 13.8. The molecule has 5 nitrogen and oxygen atoms in total. The molecule has 82 valence electrons. The van der Waals surface area contributed by atoms with Crippen LogP contribution in [0.3, 0.4) is 0 Å². The van der Waals surface area contributed by atoms with Gasteiger partial charge in [0, 0.05) is 6.08 Å². The number of amides is 1. The summed E-state index contributed by atoms with van der Waals surface area (Å²) in [6.07, 6.45) is 4.22. The zero-order chi connectivity index (χ0) is 11.4. The number of nitrogens with zero attached hydrogens (tertiary/aromatic N) is 2. The zero-order valence-corrected chi connectivity index (χ0v) is 8.29. The molecule has 1 amide bonds. The van der Waals surface area contributed by atoms with Crippen LogP contribution in [0.1, 0.15) is 5.69 Å². The van der Waals surface area contributed by atoms with E-state index in [-0.39, 0.29) is 29.6 Å². The summed E-state index contributed by atoms with van der Waals surface area (Å²) in [6, 6.07) is 7.44. The molecule has 2 N–H and O–H groups in total. The van der Waals surface area contributed by atoms with Crippen LogP contribution in [-0.2, 0) is 4.79 Å². The average Bonchev–Trinajstić information content (AvgIpc) is 2.35. The normalized spacial score (nSPS) is 10.2. The summed E-state index contributed by atoms with van der Waals surface area (Å²) in [7, 11) is 0. The topological polar surface area (TPSA) is 75.1 Å². The van der Waals surface area contributed by atoms with Crippen molar-refractivity contribution in [1.82, 2.24) is 15.4 Å². The number of aromatic nitrogens is 2. The molecule has 0 fully saturated rings. The van der Waals surface area contributed by atoms with Gasteiger partial charge in [0.05, 0.1) is 22.9 Å². The molecule has 0 aliphatic rings. The Kier molecular flexibility index (Phi) is 5.24. The predicted octanol–water partition coefficient (Wildman–Crippen LogP) is 0.500. The SMILES string of the molecule is O=C(C=Cc1cnc2ccccc2n1)NO.[NaH]. The molecule has 2 rings (SSSR count). The minimum atomic E-state index is -0.602. The van der Waals surface area contributed by atoms with Gasteiger partial charge in [-0.25, -0.2) is 10.5 Å². The van der Waals surface area contributed by atoms with Crippen molar-refractivity contribution in [2.45, 2.75) is 0 Å². The quantitative estimate of drug-likeness (QED) is 0.346. The van der Waals surface area contributed by atoms with Crippen LogP contribution in [0.5, 0.6) is 0 Å². The minimum absolute atomic E-state index is 0. The molecule has 0 saturated carbocycles. The Morgan fingerprint density at radius 1 is 1.29 bits per heavy atom. The summed E-state index contributed by atoms with van der Waals surface area (Å²) in [5, 5.41) is 8.30. The van der Waals surface area contributed by atoms with Crippen molar-refractivity contribution < 1.29 is 10.0 Å². The second kappa shape index (κ2) is 6.46. The van der Waals surface area contributed by atoms with E-state index in [0.717, 1.165) is 11.0 Å². The van der Waals surface area contributed by atoms with E-state index in [1.807, 2.05) is 24.3 Å². The Morgan fingerprint density at radius 3 is 2.71 bits per heavy atom. The van der Waals surface area contributed by atoms with Crippen LogP contribution in [0.25, 0.3) is 17.1 Å². The summed E-state index contributed by atoms with van der Waals surface area (Å²) in [5.41, 5.74) is 3.61. The van der Waals surface area contributed by atoms with Crippen molar-refractivity contribution >= 4 is 52.6 Å². The van der Waals surface area contributed by atoms with Crippen LogP contribution in [-0.4, -0.2) is 50.6 Å². The Bertz CT molecular complexity index is 557. The number of hydroxylamine groups is 1. The Balaban J connectivity index is 0.00000144. The molecule has 1 heterocycles. The number of nitrogens with one attached hydrogen (secondary N) is 1. The van der Waals surface area contributed by atoms with Crippen molar-refractivity contribution in [1.29, 1.82) is 0 Å². The maximum absolute atomic E-state index is 10.8. The van der Waals surface area contributed by atoms with Gasteiger partial charge < -0.3 is 0 Å². The molecule has 0 atom stereocenters. The molecule has 1 aromatic heterocycles. The predicted molar refractivity (Wildman–Crippen MR) is 65.7 cm³/mol. The van der Waals surface area contributed by atoms with Gasteiger partial charge in [0.25, 0.3) is 5.91 Å². The zero-order valence-electron chi connectivity index (χ0n) is 8.29. The molecular weight excluding hydrogens is 229 g/mol. The third-order valence-electron chi connectivity index (χ3n) is 1.98. The standard InChI is InChI=1S/C11H9N3O2.Na.H/c15-11(14-16)6-5-8-7-12-9-3-1-2-4-10(9)13-8;;/h1-7,16H,(H,14,15);;. The number of benzene rings is 1. The number of rotatable bonds is 2. The molecule has 0 radical (unpaired) electrons. The van der Waals surface area contributed by atoms with Gasteiger partial charge in [-0.3, -0.25) is 15.0 Å². The van der Waals surface area contributed by atoms with Gasteiger partial charge in [0.1, 0.15) is 0 Å². The first-order chi connectivity index (χ1) is 7.79. The monoisotopic (exact) mass is 239 g/mol. The van der Waals surface area contributed by atoms with E-state index in [1.54, 1.807) is 6.20 Å². The van der Waals surface area contributed by atoms with E-state index in [2.05, 4.69) is 9.97 Å². The van der Waals surface area contributed by atoms with E-state index in [0.29, 0.717) is 5.69 Å². The summed E-state index contributed by atoms with van der Waals surface area (Å²) < 4.78 is 0. The van der Waals surface area contributed by atoms with Crippen molar-refractivity contribution in [3.05, 3.63) is 42.2 Å². The molecule has 0 aliphatic carbocycles. The number of hydrogen-bond donors (Lipinski definition) is 2. The fraction of sp³-hybridized carbons (Fsp3) is 0. The number of carbonyl (C=O) groups is 1. The van der Waals surface area contributed by atoms with Crippen LogP contribution in [0.2, 0.25) is 0 Å². The maximum atomic E-state index is 10.8. The third kappa shape index (κ3) is 3.61. The first-order valence-electron chi connectivity index (χ1n) is 4.63. The van der Waals surface area contributed by atoms with Gasteiger partial charge in [-0.15, -0.1) is 0 Å². The molecule has 1 aromatic carbocycles. The second-order valence-corrected chi connectivity index (χ2v) is 3.09. The fourth-order valence-corrected chi connectivity index (χ4v) is 1.25. The van der Waals surface area contributed by atoms with Crippen LogP contribution < -0.4 is 5.48 Å². The summed E-state index contributed by atoms with van der Waals surface area (Å²) in [5.74, 6) is -0.602. The van der Waals surface area contributed by atoms with Gasteiger partial charge >= 0.3 is 29.6 Å². The number of para-hydroxylation sites is 2. The molecule has 0 spiro atoms. The number of hydrogen-bond acceptors (Lipinski definition) is 4. The molecule has 0 bridgehead atoms. The Morgan fingerprint density at radius 2 is 2.00 bits per heavy atom. The van der Waals surface area contributed by atoms with Crippen molar-refractivity contribution in [3.8, 4) is 0 Å². The van der Waals surface area contributed by atoms with Gasteiger partial charge in [-0.1, -0.05) is 12.1 Å². The molecule has 17 heavy (non-hydrogen) atoms. The van der Waals surface area contributed by atoms with Crippen molar-refractivity contribution in [2.75, 3.05) is 0 Å². The molecular formula is C11H10N3NaO2. The summed E-state index contributed by atoms with van der Waals surface area (Å²) in [4.78, 5) is 19.2. The first-order valence-corrected chi connectivity index (χ1v) is 4.63. The van der Waals surface area contributed by atoms with Crippen LogP contribution in [0, 0.1) is 0 Å². The average molecular weight is 239 g/mol. The third-order valence-corrected chi connectivity index (χ3v) is 1.98. The van der Waals surface area contributed by atoms with Gasteiger partial charge in [-0.2, -0.15) is 0 Å². The molecule has 6 heteroatoms.